The highest BCUT2D eigenvalue weighted by atomic mass is 35.5. The van der Waals surface area contributed by atoms with E-state index in [0.717, 1.165) is 10.9 Å². The molecule has 2 aliphatic rings. The summed E-state index contributed by atoms with van der Waals surface area (Å²) in [7, 11) is 0. The zero-order valence-electron chi connectivity index (χ0n) is 8.09. The van der Waals surface area contributed by atoms with E-state index in [2.05, 4.69) is 17.4 Å². The fraction of sp³-hybridized carbons (Fsp3) is 0.500. The molecule has 0 aromatic heterocycles. The van der Waals surface area contributed by atoms with Crippen molar-refractivity contribution >= 4 is 11.6 Å². The van der Waals surface area contributed by atoms with Crippen LogP contribution in [0, 0.1) is 5.41 Å². The molecule has 1 aliphatic heterocycles. The van der Waals surface area contributed by atoms with E-state index in [4.69, 9.17) is 11.6 Å². The molecule has 1 saturated carbocycles. The van der Waals surface area contributed by atoms with Crippen LogP contribution in [0.5, 0.6) is 0 Å². The van der Waals surface area contributed by atoms with Gasteiger partial charge in [-0.15, -0.1) is 0 Å². The number of nitrogens with one attached hydrogen (secondary N) is 1. The maximum atomic E-state index is 5.88. The van der Waals surface area contributed by atoms with Gasteiger partial charge in [-0.1, -0.05) is 23.7 Å². The first kappa shape index (κ1) is 8.75. The fourth-order valence-electron chi connectivity index (χ4n) is 2.75. The third-order valence-electron chi connectivity index (χ3n) is 3.74. The van der Waals surface area contributed by atoms with Gasteiger partial charge in [-0.05, 0) is 48.4 Å². The lowest BCUT2D eigenvalue weighted by molar-refractivity contribution is 0.549. The topological polar surface area (TPSA) is 12.0 Å². The van der Waals surface area contributed by atoms with Crippen LogP contribution >= 0.6 is 11.6 Å². The summed E-state index contributed by atoms with van der Waals surface area (Å²) in [6.07, 6.45) is 2.71. The van der Waals surface area contributed by atoms with Gasteiger partial charge in [0, 0.05) is 11.6 Å². The van der Waals surface area contributed by atoms with Gasteiger partial charge < -0.3 is 5.32 Å². The molecule has 2 heteroatoms. The Morgan fingerprint density at radius 3 is 2.71 bits per heavy atom. The van der Waals surface area contributed by atoms with E-state index >= 15 is 0 Å². The van der Waals surface area contributed by atoms with E-state index in [0.29, 0.717) is 5.41 Å². The summed E-state index contributed by atoms with van der Waals surface area (Å²) >= 11 is 5.88. The third-order valence-corrected chi connectivity index (χ3v) is 3.99. The van der Waals surface area contributed by atoms with E-state index in [-0.39, 0.29) is 0 Å². The van der Waals surface area contributed by atoms with Crippen molar-refractivity contribution in [2.45, 2.75) is 18.8 Å². The molecule has 2 unspecified atom stereocenters. The maximum absolute atomic E-state index is 5.88. The molecular weight excluding hydrogens is 194 g/mol. The summed E-state index contributed by atoms with van der Waals surface area (Å²) in [6, 6.07) is 8.37. The van der Waals surface area contributed by atoms with Gasteiger partial charge in [0.2, 0.25) is 0 Å². The minimum absolute atomic E-state index is 0.605. The van der Waals surface area contributed by atoms with Crippen LogP contribution < -0.4 is 5.32 Å². The minimum atomic E-state index is 0.605. The molecule has 1 aromatic carbocycles. The molecule has 1 saturated heterocycles. The average Bonchev–Trinajstić information content (AvgIpc) is 2.68. The number of benzene rings is 1. The van der Waals surface area contributed by atoms with Crippen LogP contribution in [0.4, 0.5) is 0 Å². The molecule has 1 spiro atoms. The summed E-state index contributed by atoms with van der Waals surface area (Å²) in [5.74, 6) is 0.787. The van der Waals surface area contributed by atoms with Crippen molar-refractivity contribution in [2.24, 2.45) is 5.41 Å². The summed E-state index contributed by atoms with van der Waals surface area (Å²) < 4.78 is 0. The third kappa shape index (κ3) is 1.27. The van der Waals surface area contributed by atoms with E-state index < -0.39 is 0 Å². The van der Waals surface area contributed by atoms with Gasteiger partial charge in [0.25, 0.3) is 0 Å². The van der Waals surface area contributed by atoms with Crippen LogP contribution in [0.15, 0.2) is 24.3 Å². The Kier molecular flexibility index (Phi) is 1.86. The van der Waals surface area contributed by atoms with Crippen molar-refractivity contribution in [1.82, 2.24) is 5.32 Å². The second-order valence-electron chi connectivity index (χ2n) is 4.60. The second-order valence-corrected chi connectivity index (χ2v) is 5.03. The summed E-state index contributed by atoms with van der Waals surface area (Å²) in [5.41, 5.74) is 2.08. The predicted molar refractivity (Wildman–Crippen MR) is 58.7 cm³/mol. The Morgan fingerprint density at radius 1 is 1.29 bits per heavy atom. The highest BCUT2D eigenvalue weighted by Gasteiger charge is 2.55. The number of rotatable bonds is 1. The van der Waals surface area contributed by atoms with Crippen molar-refractivity contribution in [3.8, 4) is 0 Å². The van der Waals surface area contributed by atoms with Crippen LogP contribution in [-0.4, -0.2) is 13.1 Å². The van der Waals surface area contributed by atoms with Gasteiger partial charge in [-0.3, -0.25) is 0 Å². The number of hydrogen-bond acceptors (Lipinski definition) is 1. The smallest absolute Gasteiger partial charge is 0.0406 e. The quantitative estimate of drug-likeness (QED) is 0.747. The van der Waals surface area contributed by atoms with E-state index in [1.807, 2.05) is 12.1 Å². The van der Waals surface area contributed by atoms with Crippen molar-refractivity contribution < 1.29 is 0 Å². The lowest BCUT2D eigenvalue weighted by Gasteiger charge is -2.07. The number of hydrogen-bond donors (Lipinski definition) is 1. The second kappa shape index (κ2) is 2.98. The van der Waals surface area contributed by atoms with Gasteiger partial charge in [-0.25, -0.2) is 0 Å². The van der Waals surface area contributed by atoms with Crippen molar-refractivity contribution in [1.29, 1.82) is 0 Å². The summed E-state index contributed by atoms with van der Waals surface area (Å²) in [4.78, 5) is 0. The average molecular weight is 208 g/mol. The van der Waals surface area contributed by atoms with Crippen LogP contribution in [0.1, 0.15) is 24.3 Å². The molecule has 1 N–H and O–H groups in total. The van der Waals surface area contributed by atoms with E-state index in [1.165, 1.54) is 31.5 Å². The van der Waals surface area contributed by atoms with E-state index in [9.17, 15) is 0 Å². The first-order valence-electron chi connectivity index (χ1n) is 5.26. The molecule has 1 nitrogen and oxygen atoms in total. The Balaban J connectivity index is 1.82. The first-order chi connectivity index (χ1) is 6.80. The largest absolute Gasteiger partial charge is 0.316 e. The standard InChI is InChI=1S/C12H14ClN/c13-10-3-1-9(2-4-10)11-7-12(11)5-6-14-8-12/h1-4,11,14H,5-8H2. The van der Waals surface area contributed by atoms with Crippen LogP contribution in [-0.2, 0) is 0 Å². The van der Waals surface area contributed by atoms with Gasteiger partial charge in [0.1, 0.15) is 0 Å². The Hall–Kier alpha value is -0.530. The molecular formula is C12H14ClN. The van der Waals surface area contributed by atoms with Crippen molar-refractivity contribution in [3.05, 3.63) is 34.9 Å². The summed E-state index contributed by atoms with van der Waals surface area (Å²) in [5, 5.41) is 4.30. The molecule has 2 fully saturated rings. The fourth-order valence-corrected chi connectivity index (χ4v) is 2.87. The zero-order valence-corrected chi connectivity index (χ0v) is 8.85. The molecule has 1 aromatic rings. The van der Waals surface area contributed by atoms with Crippen molar-refractivity contribution in [2.75, 3.05) is 13.1 Å². The molecule has 1 aliphatic carbocycles. The molecule has 74 valence electrons. The SMILES string of the molecule is Clc1ccc(C2CC23CCNC3)cc1. The van der Waals surface area contributed by atoms with Crippen molar-refractivity contribution in [3.63, 3.8) is 0 Å². The lowest BCUT2D eigenvalue weighted by Crippen LogP contribution is -2.10. The minimum Gasteiger partial charge on any atom is -0.316 e. The monoisotopic (exact) mass is 207 g/mol. The summed E-state index contributed by atoms with van der Waals surface area (Å²) in [6.45, 7) is 2.41. The lowest BCUT2D eigenvalue weighted by atomic mass is 9.98. The normalized spacial score (nSPS) is 35.1. The Bertz CT molecular complexity index is 338. The predicted octanol–water partition coefficient (Wildman–Crippen LogP) is 2.81. The van der Waals surface area contributed by atoms with Crippen LogP contribution in [0.3, 0.4) is 0 Å². The zero-order chi connectivity index (χ0) is 9.60. The first-order valence-corrected chi connectivity index (χ1v) is 5.64. The highest BCUT2D eigenvalue weighted by molar-refractivity contribution is 6.30. The van der Waals surface area contributed by atoms with Gasteiger partial charge in [0.15, 0.2) is 0 Å². The molecule has 0 radical (unpaired) electrons. The van der Waals surface area contributed by atoms with E-state index in [1.54, 1.807) is 0 Å². The van der Waals surface area contributed by atoms with Crippen LogP contribution in [0.25, 0.3) is 0 Å². The molecule has 14 heavy (non-hydrogen) atoms. The van der Waals surface area contributed by atoms with Gasteiger partial charge in [-0.2, -0.15) is 0 Å². The van der Waals surface area contributed by atoms with Gasteiger partial charge in [0.05, 0.1) is 0 Å². The molecule has 0 amide bonds. The molecule has 0 bridgehead atoms. The molecule has 3 rings (SSSR count). The van der Waals surface area contributed by atoms with Gasteiger partial charge >= 0.3 is 0 Å². The maximum Gasteiger partial charge on any atom is 0.0406 e. The number of halogens is 1. The Labute approximate surface area is 89.5 Å². The molecule has 2 atom stereocenters. The van der Waals surface area contributed by atoms with Crippen LogP contribution in [0.2, 0.25) is 5.02 Å². The molecule has 1 heterocycles. The Morgan fingerprint density at radius 2 is 2.07 bits per heavy atom. The highest BCUT2D eigenvalue weighted by Crippen LogP contribution is 2.62.